The first-order valence-electron chi connectivity index (χ1n) is 11.9. The largest absolute Gasteiger partial charge is 0.497 e. The van der Waals surface area contributed by atoms with Crippen LogP contribution in [0, 0.1) is 5.82 Å². The Morgan fingerprint density at radius 3 is 2.26 bits per heavy atom. The van der Waals surface area contributed by atoms with Crippen LogP contribution in [-0.2, 0) is 16.8 Å². The molecule has 0 unspecified atom stereocenters. The van der Waals surface area contributed by atoms with Crippen LogP contribution in [0.25, 0.3) is 11.1 Å². The first-order valence-corrected chi connectivity index (χ1v) is 11.9. The van der Waals surface area contributed by atoms with Gasteiger partial charge in [-0.2, -0.15) is 0 Å². The van der Waals surface area contributed by atoms with E-state index in [9.17, 15) is 9.18 Å². The Morgan fingerprint density at radius 2 is 1.66 bits per heavy atom. The van der Waals surface area contributed by atoms with E-state index >= 15 is 0 Å². The van der Waals surface area contributed by atoms with E-state index in [2.05, 4.69) is 26.8 Å². The fraction of sp³-hybridized carbons (Fsp3) is 0.323. The Morgan fingerprint density at radius 1 is 0.971 bits per heavy atom. The van der Waals surface area contributed by atoms with E-state index in [1.807, 2.05) is 55.5 Å². The highest BCUT2D eigenvalue weighted by molar-refractivity contribution is 5.76. The lowest BCUT2D eigenvalue weighted by Crippen LogP contribution is -2.13. The van der Waals surface area contributed by atoms with E-state index in [1.165, 1.54) is 6.07 Å². The predicted octanol–water partition coefficient (Wildman–Crippen LogP) is 8.02. The fourth-order valence-corrected chi connectivity index (χ4v) is 4.21. The van der Waals surface area contributed by atoms with Crippen molar-refractivity contribution in [2.24, 2.45) is 0 Å². The number of rotatable bonds is 9. The maximum Gasteiger partial charge on any atom is 0.131 e. The summed E-state index contributed by atoms with van der Waals surface area (Å²) >= 11 is 0. The van der Waals surface area contributed by atoms with Crippen molar-refractivity contribution in [1.82, 2.24) is 0 Å². The van der Waals surface area contributed by atoms with Crippen molar-refractivity contribution in [2.75, 3.05) is 7.11 Å². The molecule has 184 valence electrons. The molecule has 0 aromatic heterocycles. The van der Waals surface area contributed by atoms with Gasteiger partial charge in [-0.15, -0.1) is 0 Å². The second-order valence-electron chi connectivity index (χ2n) is 9.87. The Labute approximate surface area is 208 Å². The molecule has 3 aromatic carbocycles. The third kappa shape index (κ3) is 6.82. The van der Waals surface area contributed by atoms with E-state index < -0.39 is 0 Å². The van der Waals surface area contributed by atoms with Crippen LogP contribution >= 0.6 is 0 Å². The van der Waals surface area contributed by atoms with Gasteiger partial charge in [0.25, 0.3) is 0 Å². The van der Waals surface area contributed by atoms with Crippen molar-refractivity contribution < 1.29 is 18.7 Å². The number of Topliss-reactive ketones (excluding diaryl/α,β-unsaturated/α-hetero) is 1. The maximum absolute atomic E-state index is 14.9. The van der Waals surface area contributed by atoms with Crippen LogP contribution in [0.15, 0.2) is 72.8 Å². The number of benzene rings is 3. The van der Waals surface area contributed by atoms with Crippen molar-refractivity contribution in [2.45, 2.75) is 59.0 Å². The lowest BCUT2D eigenvalue weighted by Gasteiger charge is -2.24. The molecule has 1 atom stereocenters. The minimum Gasteiger partial charge on any atom is -0.497 e. The molecule has 0 saturated carbocycles. The van der Waals surface area contributed by atoms with Gasteiger partial charge in [-0.05, 0) is 77.9 Å². The van der Waals surface area contributed by atoms with Gasteiger partial charge in [0.2, 0.25) is 0 Å². The van der Waals surface area contributed by atoms with E-state index in [1.54, 1.807) is 26.2 Å². The Bertz CT molecular complexity index is 1190. The van der Waals surface area contributed by atoms with Crippen molar-refractivity contribution in [3.63, 3.8) is 0 Å². The highest BCUT2D eigenvalue weighted by atomic mass is 19.1. The number of carbonyl (C=O) groups is 1. The molecule has 0 aliphatic rings. The molecule has 0 heterocycles. The van der Waals surface area contributed by atoms with E-state index in [0.29, 0.717) is 24.3 Å². The minimum atomic E-state index is -0.286. The molecule has 3 nitrogen and oxygen atoms in total. The summed E-state index contributed by atoms with van der Waals surface area (Å²) in [6.45, 7) is 10.3. The normalized spacial score (nSPS) is 12.5. The second-order valence-corrected chi connectivity index (χ2v) is 9.87. The van der Waals surface area contributed by atoms with Crippen molar-refractivity contribution in [3.8, 4) is 22.6 Å². The molecule has 0 radical (unpaired) electrons. The lowest BCUT2D eigenvalue weighted by atomic mass is 9.81. The summed E-state index contributed by atoms with van der Waals surface area (Å²) in [5.74, 6) is 1.30. The standard InChI is InChI=1S/C31H35FO3/c1-7-8-24(17-21(2)33)23-10-12-25(13-11-23)35-20-22-9-15-29(31(3,4)5)27(18-22)28-19-26(34-6)14-16-30(28)32/h7-16,18-19,24H,17,20H2,1-6H3/b8-7-/t24-/m0/s1. The van der Waals surface area contributed by atoms with Crippen molar-refractivity contribution in [3.05, 3.63) is 95.3 Å². The van der Waals surface area contributed by atoms with Gasteiger partial charge in [-0.3, -0.25) is 4.79 Å². The van der Waals surface area contributed by atoms with E-state index in [4.69, 9.17) is 9.47 Å². The number of ketones is 1. The van der Waals surface area contributed by atoms with E-state index in [-0.39, 0.29) is 22.9 Å². The molecule has 3 aromatic rings. The first kappa shape index (κ1) is 26.2. The van der Waals surface area contributed by atoms with Crippen LogP contribution in [0.4, 0.5) is 4.39 Å². The summed E-state index contributed by atoms with van der Waals surface area (Å²) < 4.78 is 26.3. The molecule has 0 fully saturated rings. The minimum absolute atomic E-state index is 0.0665. The van der Waals surface area contributed by atoms with Crippen LogP contribution in [0.2, 0.25) is 0 Å². The number of hydrogen-bond donors (Lipinski definition) is 0. The quantitative estimate of drug-likeness (QED) is 0.295. The molecule has 0 amide bonds. The van der Waals surface area contributed by atoms with Gasteiger partial charge in [0.05, 0.1) is 7.11 Å². The predicted molar refractivity (Wildman–Crippen MR) is 141 cm³/mol. The average Bonchev–Trinajstić information content (AvgIpc) is 2.82. The van der Waals surface area contributed by atoms with Crippen LogP contribution in [0.1, 0.15) is 63.6 Å². The van der Waals surface area contributed by atoms with Gasteiger partial charge in [-0.25, -0.2) is 4.39 Å². The van der Waals surface area contributed by atoms with Gasteiger partial charge in [0, 0.05) is 17.9 Å². The monoisotopic (exact) mass is 474 g/mol. The number of hydrogen-bond acceptors (Lipinski definition) is 3. The molecular weight excluding hydrogens is 439 g/mol. The first-order chi connectivity index (χ1) is 16.6. The Kier molecular flexibility index (Phi) is 8.50. The highest BCUT2D eigenvalue weighted by Gasteiger charge is 2.21. The van der Waals surface area contributed by atoms with Gasteiger partial charge in [0.1, 0.15) is 29.7 Å². The molecule has 4 heteroatoms. The molecule has 0 bridgehead atoms. The molecular formula is C31H35FO3. The third-order valence-electron chi connectivity index (χ3n) is 6.00. The Balaban J connectivity index is 1.85. The smallest absolute Gasteiger partial charge is 0.131 e. The van der Waals surface area contributed by atoms with Gasteiger partial charge < -0.3 is 9.47 Å². The molecule has 0 N–H and O–H groups in total. The maximum atomic E-state index is 14.9. The summed E-state index contributed by atoms with van der Waals surface area (Å²) in [7, 11) is 1.58. The zero-order valence-electron chi connectivity index (χ0n) is 21.5. The van der Waals surface area contributed by atoms with Crippen LogP contribution in [0.3, 0.4) is 0 Å². The lowest BCUT2D eigenvalue weighted by molar-refractivity contribution is -0.117. The third-order valence-corrected chi connectivity index (χ3v) is 6.00. The molecule has 3 rings (SSSR count). The van der Waals surface area contributed by atoms with Crippen LogP contribution in [0.5, 0.6) is 11.5 Å². The summed E-state index contributed by atoms with van der Waals surface area (Å²) in [4.78, 5) is 11.6. The van der Waals surface area contributed by atoms with Crippen LogP contribution < -0.4 is 9.47 Å². The van der Waals surface area contributed by atoms with Gasteiger partial charge in [-0.1, -0.05) is 57.2 Å². The second kappa shape index (κ2) is 11.4. The van der Waals surface area contributed by atoms with E-state index in [0.717, 1.165) is 28.0 Å². The Hall–Kier alpha value is -3.40. The SMILES string of the molecule is C/C=C\[C@@H](CC(C)=O)c1ccc(OCc2ccc(C(C)(C)C)c(-c3cc(OC)ccc3F)c2)cc1. The number of halogens is 1. The molecule has 0 aliphatic heterocycles. The fourth-order valence-electron chi connectivity index (χ4n) is 4.21. The summed E-state index contributed by atoms with van der Waals surface area (Å²) in [6.07, 6.45) is 4.50. The van der Waals surface area contributed by atoms with Crippen molar-refractivity contribution in [1.29, 1.82) is 0 Å². The number of methoxy groups -OCH3 is 1. The topological polar surface area (TPSA) is 35.5 Å². The highest BCUT2D eigenvalue weighted by Crippen LogP contribution is 2.37. The number of carbonyl (C=O) groups excluding carboxylic acids is 1. The molecule has 0 aliphatic carbocycles. The van der Waals surface area contributed by atoms with Gasteiger partial charge >= 0.3 is 0 Å². The van der Waals surface area contributed by atoms with Crippen LogP contribution in [-0.4, -0.2) is 12.9 Å². The number of allylic oxidation sites excluding steroid dienone is 2. The van der Waals surface area contributed by atoms with Crippen molar-refractivity contribution >= 4 is 5.78 Å². The summed E-state index contributed by atoms with van der Waals surface area (Å²) in [5, 5.41) is 0. The zero-order chi connectivity index (χ0) is 25.6. The molecule has 0 saturated heterocycles. The molecule has 35 heavy (non-hydrogen) atoms. The average molecular weight is 475 g/mol. The zero-order valence-corrected chi connectivity index (χ0v) is 21.5. The number of ether oxygens (including phenoxy) is 2. The summed E-state index contributed by atoms with van der Waals surface area (Å²) in [6, 6.07) is 18.8. The molecule has 0 spiro atoms. The van der Waals surface area contributed by atoms with Gasteiger partial charge in [0.15, 0.2) is 0 Å². The summed E-state index contributed by atoms with van der Waals surface area (Å²) in [5.41, 5.74) is 4.27.